The molecule has 0 radical (unpaired) electrons. The van der Waals surface area contributed by atoms with Gasteiger partial charge in [0.25, 0.3) is 0 Å². The van der Waals surface area contributed by atoms with Crippen molar-refractivity contribution in [2.75, 3.05) is 13.1 Å². The number of nitrogens with zero attached hydrogens (tertiary/aromatic N) is 1. The van der Waals surface area contributed by atoms with Gasteiger partial charge in [-0.15, -0.1) is 9.24 Å². The van der Waals surface area contributed by atoms with Crippen molar-refractivity contribution >= 4 is 9.24 Å². The molecule has 1 saturated heterocycles. The fourth-order valence-electron chi connectivity index (χ4n) is 1.95. The minimum atomic E-state index is 0.833. The van der Waals surface area contributed by atoms with Crippen LogP contribution in [0.25, 0.3) is 0 Å². The van der Waals surface area contributed by atoms with Crippen LogP contribution in [0.4, 0.5) is 0 Å². The van der Waals surface area contributed by atoms with Gasteiger partial charge in [-0.05, 0) is 30.5 Å². The molecule has 1 nitrogen and oxygen atoms in total. The van der Waals surface area contributed by atoms with Gasteiger partial charge in [-0.3, -0.25) is 0 Å². The minimum absolute atomic E-state index is 0.833. The van der Waals surface area contributed by atoms with E-state index in [0.29, 0.717) is 0 Å². The van der Waals surface area contributed by atoms with Gasteiger partial charge < -0.3 is 4.90 Å². The summed E-state index contributed by atoms with van der Waals surface area (Å²) < 4.78 is 0. The van der Waals surface area contributed by atoms with E-state index in [4.69, 9.17) is 0 Å². The molecule has 0 bridgehead atoms. The summed E-state index contributed by atoms with van der Waals surface area (Å²) >= 11 is 0. The Morgan fingerprint density at radius 2 is 2.08 bits per heavy atom. The molecular formula is C11H22NP. The average Bonchev–Trinajstić information content (AvgIpc) is 2.64. The van der Waals surface area contributed by atoms with E-state index in [9.17, 15) is 0 Å². The van der Waals surface area contributed by atoms with Gasteiger partial charge in [0.15, 0.2) is 0 Å². The van der Waals surface area contributed by atoms with Crippen molar-refractivity contribution in [3.8, 4) is 0 Å². The van der Waals surface area contributed by atoms with Crippen molar-refractivity contribution in [2.45, 2.75) is 34.1 Å². The number of rotatable bonds is 4. The second kappa shape index (κ2) is 4.46. The summed E-state index contributed by atoms with van der Waals surface area (Å²) in [5.74, 6) is 1.67. The number of hydrogen-bond acceptors (Lipinski definition) is 1. The quantitative estimate of drug-likeness (QED) is 0.496. The molecule has 2 unspecified atom stereocenters. The molecule has 0 aromatic rings. The zero-order valence-electron chi connectivity index (χ0n) is 9.30. The molecule has 1 heterocycles. The summed E-state index contributed by atoms with van der Waals surface area (Å²) in [6.07, 6.45) is 1.35. The molecule has 0 saturated carbocycles. The monoisotopic (exact) mass is 199 g/mol. The van der Waals surface area contributed by atoms with Crippen LogP contribution in [0.3, 0.4) is 0 Å². The lowest BCUT2D eigenvalue weighted by atomic mass is 9.99. The fraction of sp³-hybridized carbons (Fsp3) is 0.818. The van der Waals surface area contributed by atoms with Crippen molar-refractivity contribution in [3.05, 3.63) is 11.0 Å². The van der Waals surface area contributed by atoms with Gasteiger partial charge >= 0.3 is 0 Å². The fourth-order valence-corrected chi connectivity index (χ4v) is 2.22. The van der Waals surface area contributed by atoms with Gasteiger partial charge in [-0.2, -0.15) is 0 Å². The van der Waals surface area contributed by atoms with Crippen LogP contribution in [0.2, 0.25) is 0 Å². The van der Waals surface area contributed by atoms with E-state index >= 15 is 0 Å². The Morgan fingerprint density at radius 3 is 2.46 bits per heavy atom. The lowest BCUT2D eigenvalue weighted by Crippen LogP contribution is -2.12. The Kier molecular flexibility index (Phi) is 3.79. The smallest absolute Gasteiger partial charge is 0.0579 e. The molecule has 0 aliphatic carbocycles. The van der Waals surface area contributed by atoms with E-state index in [1.54, 1.807) is 5.70 Å². The van der Waals surface area contributed by atoms with Crippen molar-refractivity contribution in [2.24, 2.45) is 11.8 Å². The predicted octanol–water partition coefficient (Wildman–Crippen LogP) is 3.09. The number of hydrogen-bond donors (Lipinski definition) is 0. The summed E-state index contributed by atoms with van der Waals surface area (Å²) in [7, 11) is 2.79. The second-order valence-corrected chi connectivity index (χ2v) is 5.61. The largest absolute Gasteiger partial charge is 0.367 e. The van der Waals surface area contributed by atoms with Crippen molar-refractivity contribution in [1.82, 2.24) is 4.90 Å². The third kappa shape index (κ3) is 3.68. The van der Waals surface area contributed by atoms with Crippen molar-refractivity contribution < 1.29 is 0 Å². The Morgan fingerprint density at radius 1 is 1.46 bits per heavy atom. The molecule has 0 aromatic carbocycles. The van der Waals surface area contributed by atoms with Crippen LogP contribution in [-0.2, 0) is 0 Å². The molecule has 2 atom stereocenters. The van der Waals surface area contributed by atoms with Gasteiger partial charge in [-0.1, -0.05) is 20.8 Å². The van der Waals surface area contributed by atoms with Crippen molar-refractivity contribution in [3.63, 3.8) is 0 Å². The first-order valence-electron chi connectivity index (χ1n) is 5.21. The van der Waals surface area contributed by atoms with Gasteiger partial charge in [0.2, 0.25) is 0 Å². The van der Waals surface area contributed by atoms with Crippen LogP contribution >= 0.6 is 9.24 Å². The molecule has 76 valence electrons. The normalized spacial score (nSPS) is 22.2. The molecule has 1 rings (SSSR count). The van der Waals surface area contributed by atoms with Crippen LogP contribution < -0.4 is 0 Å². The summed E-state index contributed by atoms with van der Waals surface area (Å²) in [6.45, 7) is 11.6. The van der Waals surface area contributed by atoms with Gasteiger partial charge in [0.05, 0.1) is 6.54 Å². The van der Waals surface area contributed by atoms with Gasteiger partial charge in [0, 0.05) is 12.2 Å². The number of allylic oxidation sites excluding steroid dienone is 1. The van der Waals surface area contributed by atoms with Crippen LogP contribution in [0.1, 0.15) is 34.1 Å². The predicted molar refractivity (Wildman–Crippen MR) is 62.6 cm³/mol. The van der Waals surface area contributed by atoms with Gasteiger partial charge in [0.1, 0.15) is 0 Å². The van der Waals surface area contributed by atoms with Crippen LogP contribution in [-0.4, -0.2) is 18.0 Å². The lowest BCUT2D eigenvalue weighted by molar-refractivity contribution is 0.375. The summed E-state index contributed by atoms with van der Waals surface area (Å²) in [5, 5.41) is 1.41. The highest BCUT2D eigenvalue weighted by Crippen LogP contribution is 2.30. The Hall–Kier alpha value is -0.0300. The standard InChI is InChI=1S/C11H22NP/c1-8(2)5-9(3)6-12-7-11(12)10(4)13/h8-9H,5-7,13H2,1-4H3. The van der Waals surface area contributed by atoms with E-state index < -0.39 is 0 Å². The van der Waals surface area contributed by atoms with E-state index in [-0.39, 0.29) is 0 Å². The molecule has 0 aromatic heterocycles. The SMILES string of the molecule is CC(P)=C1CN1CC(C)CC(C)C. The first kappa shape index (κ1) is 11.0. The maximum Gasteiger partial charge on any atom is 0.0579 e. The molecule has 1 fully saturated rings. The molecule has 1 aliphatic rings. The topological polar surface area (TPSA) is 3.01 Å². The maximum absolute atomic E-state index is 2.79. The van der Waals surface area contributed by atoms with E-state index in [1.165, 1.54) is 24.8 Å². The molecule has 0 N–H and O–H groups in total. The molecule has 1 aliphatic heterocycles. The highest BCUT2D eigenvalue weighted by Gasteiger charge is 2.27. The average molecular weight is 199 g/mol. The molecule has 13 heavy (non-hydrogen) atoms. The van der Waals surface area contributed by atoms with Crippen LogP contribution in [0, 0.1) is 11.8 Å². The Labute approximate surface area is 84.8 Å². The van der Waals surface area contributed by atoms with E-state index in [0.717, 1.165) is 11.8 Å². The minimum Gasteiger partial charge on any atom is -0.367 e. The van der Waals surface area contributed by atoms with Crippen molar-refractivity contribution in [1.29, 1.82) is 0 Å². The van der Waals surface area contributed by atoms with E-state index in [2.05, 4.69) is 41.8 Å². The first-order chi connectivity index (χ1) is 6.00. The summed E-state index contributed by atoms with van der Waals surface area (Å²) in [6, 6.07) is 0. The first-order valence-corrected chi connectivity index (χ1v) is 5.78. The molecule has 0 spiro atoms. The highest BCUT2D eigenvalue weighted by atomic mass is 31.0. The Bertz CT molecular complexity index is 204. The zero-order chi connectivity index (χ0) is 10.0. The second-order valence-electron chi connectivity index (χ2n) is 4.74. The molecular weight excluding hydrogens is 177 g/mol. The summed E-state index contributed by atoms with van der Waals surface area (Å²) in [4.78, 5) is 2.48. The summed E-state index contributed by atoms with van der Waals surface area (Å²) in [5.41, 5.74) is 1.54. The van der Waals surface area contributed by atoms with Gasteiger partial charge in [-0.25, -0.2) is 0 Å². The van der Waals surface area contributed by atoms with Crippen LogP contribution in [0.5, 0.6) is 0 Å². The van der Waals surface area contributed by atoms with Crippen LogP contribution in [0.15, 0.2) is 11.0 Å². The third-order valence-electron chi connectivity index (χ3n) is 2.48. The highest BCUT2D eigenvalue weighted by molar-refractivity contribution is 7.22. The molecule has 2 heteroatoms. The maximum atomic E-state index is 2.79. The third-order valence-corrected chi connectivity index (χ3v) is 2.81. The lowest BCUT2D eigenvalue weighted by Gasteiger charge is -2.14. The zero-order valence-corrected chi connectivity index (χ0v) is 10.5. The van der Waals surface area contributed by atoms with E-state index in [1.807, 2.05) is 0 Å². The molecule has 0 amide bonds. The Balaban J connectivity index is 2.24.